The van der Waals surface area contributed by atoms with Gasteiger partial charge in [-0.3, -0.25) is 4.98 Å². The molecule has 2 aromatic heterocycles. The molecule has 128 valence electrons. The fraction of sp³-hybridized carbons (Fsp3) is 0.526. The number of nitrogens with zero attached hydrogens (tertiary/aromatic N) is 5. The first kappa shape index (κ1) is 16.8. The lowest BCUT2D eigenvalue weighted by atomic mass is 9.99. The molecule has 1 atom stereocenters. The molecule has 1 unspecified atom stereocenters. The summed E-state index contributed by atoms with van der Waals surface area (Å²) in [5.74, 6) is 2.44. The maximum atomic E-state index is 4.90. The topological polar surface area (TPSA) is 45.2 Å². The van der Waals surface area contributed by atoms with Crippen molar-refractivity contribution < 1.29 is 0 Å². The van der Waals surface area contributed by atoms with Gasteiger partial charge >= 0.3 is 0 Å². The molecule has 0 amide bonds. The third-order valence-electron chi connectivity index (χ3n) is 4.75. The van der Waals surface area contributed by atoms with Crippen LogP contribution < -0.4 is 4.90 Å². The molecule has 3 rings (SSSR count). The van der Waals surface area contributed by atoms with Gasteiger partial charge in [0.1, 0.15) is 5.82 Å². The van der Waals surface area contributed by atoms with Crippen molar-refractivity contribution in [3.63, 3.8) is 0 Å². The van der Waals surface area contributed by atoms with Gasteiger partial charge in [0.25, 0.3) is 0 Å². The summed E-state index contributed by atoms with van der Waals surface area (Å²) in [7, 11) is 2.20. The van der Waals surface area contributed by atoms with Crippen molar-refractivity contribution in [3.8, 4) is 11.4 Å². The lowest BCUT2D eigenvalue weighted by Gasteiger charge is -2.43. The zero-order valence-corrected chi connectivity index (χ0v) is 15.1. The van der Waals surface area contributed by atoms with Gasteiger partial charge < -0.3 is 9.80 Å². The fourth-order valence-electron chi connectivity index (χ4n) is 3.25. The molecule has 0 saturated carbocycles. The molecule has 1 aliphatic rings. The molecule has 1 fully saturated rings. The third kappa shape index (κ3) is 3.56. The summed E-state index contributed by atoms with van der Waals surface area (Å²) in [6.07, 6.45) is 4.50. The van der Waals surface area contributed by atoms with Crippen molar-refractivity contribution in [1.82, 2.24) is 19.9 Å². The van der Waals surface area contributed by atoms with Crippen LogP contribution in [0.25, 0.3) is 11.4 Å². The first-order chi connectivity index (χ1) is 11.6. The summed E-state index contributed by atoms with van der Waals surface area (Å²) in [4.78, 5) is 18.6. The van der Waals surface area contributed by atoms with Crippen molar-refractivity contribution in [1.29, 1.82) is 0 Å². The molecule has 0 radical (unpaired) electrons. The van der Waals surface area contributed by atoms with E-state index < -0.39 is 0 Å². The minimum atomic E-state index is 0.480. The number of hydrogen-bond donors (Lipinski definition) is 0. The Hall–Kier alpha value is -2.01. The number of hydrogen-bond acceptors (Lipinski definition) is 5. The Kier molecular flexibility index (Phi) is 5.09. The first-order valence-electron chi connectivity index (χ1n) is 8.82. The number of piperazine rings is 1. The molecule has 1 aliphatic heterocycles. The highest BCUT2D eigenvalue weighted by Gasteiger charge is 2.29. The number of pyridine rings is 1. The van der Waals surface area contributed by atoms with Crippen LogP contribution in [0.4, 0.5) is 5.82 Å². The normalized spacial score (nSPS) is 19.0. The van der Waals surface area contributed by atoms with Gasteiger partial charge in [-0.15, -0.1) is 0 Å². The second-order valence-electron chi connectivity index (χ2n) is 6.90. The van der Waals surface area contributed by atoms with Crippen molar-refractivity contribution in [2.24, 2.45) is 5.92 Å². The van der Waals surface area contributed by atoms with E-state index in [0.29, 0.717) is 12.0 Å². The molecule has 3 heterocycles. The quantitative estimate of drug-likeness (QED) is 0.865. The molecule has 0 spiro atoms. The van der Waals surface area contributed by atoms with Crippen LogP contribution in [0.1, 0.15) is 26.5 Å². The zero-order valence-electron chi connectivity index (χ0n) is 15.1. The predicted octanol–water partition coefficient (Wildman–Crippen LogP) is 2.88. The lowest BCUT2D eigenvalue weighted by Crippen LogP contribution is -2.54. The largest absolute Gasteiger partial charge is 0.351 e. The Morgan fingerprint density at radius 2 is 1.92 bits per heavy atom. The summed E-state index contributed by atoms with van der Waals surface area (Å²) >= 11 is 0. The van der Waals surface area contributed by atoms with Crippen molar-refractivity contribution in [3.05, 3.63) is 36.3 Å². The maximum absolute atomic E-state index is 4.90. The van der Waals surface area contributed by atoms with Crippen molar-refractivity contribution in [2.45, 2.75) is 33.2 Å². The second-order valence-corrected chi connectivity index (χ2v) is 6.90. The van der Waals surface area contributed by atoms with E-state index in [-0.39, 0.29) is 0 Å². The molecule has 0 aromatic carbocycles. The molecule has 0 bridgehead atoms. The molecular weight excluding hydrogens is 298 g/mol. The molecule has 2 aromatic rings. The fourth-order valence-corrected chi connectivity index (χ4v) is 3.25. The van der Waals surface area contributed by atoms with Gasteiger partial charge in [-0.1, -0.05) is 20.8 Å². The molecular formula is C19H27N5. The number of aromatic nitrogens is 3. The monoisotopic (exact) mass is 325 g/mol. The molecule has 1 saturated heterocycles. The second kappa shape index (κ2) is 7.26. The molecule has 5 heteroatoms. The zero-order chi connectivity index (χ0) is 17.1. The van der Waals surface area contributed by atoms with Crippen LogP contribution >= 0.6 is 0 Å². The third-order valence-corrected chi connectivity index (χ3v) is 4.75. The van der Waals surface area contributed by atoms with Crippen molar-refractivity contribution in [2.75, 3.05) is 31.6 Å². The first-order valence-corrected chi connectivity index (χ1v) is 8.82. The van der Waals surface area contributed by atoms with Gasteiger partial charge in [0.2, 0.25) is 0 Å². The van der Waals surface area contributed by atoms with Gasteiger partial charge in [0.15, 0.2) is 5.82 Å². The van der Waals surface area contributed by atoms with Crippen LogP contribution in [0.15, 0.2) is 30.6 Å². The Balaban J connectivity index is 2.00. The predicted molar refractivity (Wildman–Crippen MR) is 98.1 cm³/mol. The van der Waals surface area contributed by atoms with Crippen LogP contribution in [0.2, 0.25) is 0 Å². The smallest absolute Gasteiger partial charge is 0.161 e. The van der Waals surface area contributed by atoms with Gasteiger partial charge in [-0.25, -0.2) is 9.97 Å². The minimum absolute atomic E-state index is 0.480. The highest BCUT2D eigenvalue weighted by Crippen LogP contribution is 2.26. The SMILES string of the molecule is CCc1cc(N2CCN(C)CC2C(C)C)nc(-c2ccncc2)n1. The molecule has 24 heavy (non-hydrogen) atoms. The maximum Gasteiger partial charge on any atom is 0.161 e. The Labute approximate surface area is 144 Å². The van der Waals surface area contributed by atoms with E-state index in [4.69, 9.17) is 9.97 Å². The molecule has 0 aliphatic carbocycles. The van der Waals surface area contributed by atoms with Crippen LogP contribution in [0, 0.1) is 5.92 Å². The number of rotatable bonds is 4. The van der Waals surface area contributed by atoms with E-state index in [1.165, 1.54) is 0 Å². The van der Waals surface area contributed by atoms with Gasteiger partial charge in [0.05, 0.1) is 0 Å². The minimum Gasteiger partial charge on any atom is -0.351 e. The summed E-state index contributed by atoms with van der Waals surface area (Å²) < 4.78 is 0. The van der Waals surface area contributed by atoms with E-state index in [1.54, 1.807) is 12.4 Å². The Morgan fingerprint density at radius 1 is 1.17 bits per heavy atom. The summed E-state index contributed by atoms with van der Waals surface area (Å²) in [5.41, 5.74) is 2.12. The van der Waals surface area contributed by atoms with Gasteiger partial charge in [-0.2, -0.15) is 0 Å². The average molecular weight is 325 g/mol. The van der Waals surface area contributed by atoms with E-state index in [9.17, 15) is 0 Å². The van der Waals surface area contributed by atoms with Crippen LogP contribution in [-0.4, -0.2) is 52.6 Å². The molecule has 0 N–H and O–H groups in total. The summed E-state index contributed by atoms with van der Waals surface area (Å²) in [6, 6.07) is 6.59. The lowest BCUT2D eigenvalue weighted by molar-refractivity contribution is 0.236. The van der Waals surface area contributed by atoms with E-state index in [1.807, 2.05) is 12.1 Å². The highest BCUT2D eigenvalue weighted by molar-refractivity contribution is 5.57. The van der Waals surface area contributed by atoms with E-state index in [0.717, 1.165) is 49.0 Å². The summed E-state index contributed by atoms with van der Waals surface area (Å²) in [6.45, 7) is 9.89. The Bertz CT molecular complexity index is 671. The number of anilines is 1. The highest BCUT2D eigenvalue weighted by atomic mass is 15.3. The number of aryl methyl sites for hydroxylation is 1. The summed E-state index contributed by atoms with van der Waals surface area (Å²) in [5, 5.41) is 0. The number of likely N-dealkylation sites (N-methyl/N-ethyl adjacent to an activating group) is 1. The van der Waals surface area contributed by atoms with Gasteiger partial charge in [0, 0.05) is 55.4 Å². The van der Waals surface area contributed by atoms with Crippen LogP contribution in [-0.2, 0) is 6.42 Å². The van der Waals surface area contributed by atoms with Crippen molar-refractivity contribution >= 4 is 5.82 Å². The van der Waals surface area contributed by atoms with Crippen LogP contribution in [0.5, 0.6) is 0 Å². The van der Waals surface area contributed by atoms with Crippen LogP contribution in [0.3, 0.4) is 0 Å². The standard InChI is InChI=1S/C19H27N5/c1-5-16-12-18(22-19(21-16)15-6-8-20-9-7-15)24-11-10-23(4)13-17(24)14(2)3/h6-9,12,14,17H,5,10-11,13H2,1-4H3. The van der Waals surface area contributed by atoms with Gasteiger partial charge in [-0.05, 0) is 31.5 Å². The Morgan fingerprint density at radius 3 is 2.58 bits per heavy atom. The van der Waals surface area contributed by atoms with E-state index >= 15 is 0 Å². The average Bonchev–Trinajstić information content (AvgIpc) is 2.62. The molecule has 5 nitrogen and oxygen atoms in total. The van der Waals surface area contributed by atoms with E-state index in [2.05, 4.69) is 48.7 Å².